The zero-order valence-electron chi connectivity index (χ0n) is 11.5. The van der Waals surface area contributed by atoms with E-state index in [0.717, 1.165) is 23.3 Å². The largest absolute Gasteiger partial charge is 0.252 e. The first kappa shape index (κ1) is 15.0. The Hall–Kier alpha value is -0.880. The first-order valence-corrected chi connectivity index (χ1v) is 9.62. The SMILES string of the molecule is O=S(=O)(c1ccc(CCl)s1)N1CCCc2ccccc2C1. The first-order chi connectivity index (χ1) is 10.1. The molecule has 0 atom stereocenters. The predicted octanol–water partition coefficient (Wildman–Crippen LogP) is 3.62. The second-order valence-corrected chi connectivity index (χ2v) is 8.67. The lowest BCUT2D eigenvalue weighted by Gasteiger charge is -2.19. The summed E-state index contributed by atoms with van der Waals surface area (Å²) in [6, 6.07) is 11.5. The van der Waals surface area contributed by atoms with E-state index in [9.17, 15) is 8.42 Å². The fourth-order valence-electron chi connectivity index (χ4n) is 2.57. The van der Waals surface area contributed by atoms with Crippen molar-refractivity contribution in [3.05, 3.63) is 52.4 Å². The lowest BCUT2D eigenvalue weighted by atomic mass is 10.0. The van der Waals surface area contributed by atoms with Crippen LogP contribution < -0.4 is 0 Å². The van der Waals surface area contributed by atoms with Crippen molar-refractivity contribution < 1.29 is 8.42 Å². The minimum atomic E-state index is -3.42. The minimum absolute atomic E-state index is 0.350. The molecule has 0 spiro atoms. The van der Waals surface area contributed by atoms with Crippen LogP contribution in [0.4, 0.5) is 0 Å². The van der Waals surface area contributed by atoms with Crippen molar-refractivity contribution in [1.82, 2.24) is 4.31 Å². The number of halogens is 1. The average Bonchev–Trinajstić information content (AvgIpc) is 2.87. The van der Waals surface area contributed by atoms with Gasteiger partial charge in [-0.1, -0.05) is 24.3 Å². The van der Waals surface area contributed by atoms with E-state index < -0.39 is 10.0 Å². The second kappa shape index (κ2) is 6.08. The lowest BCUT2D eigenvalue weighted by Crippen LogP contribution is -2.30. The number of hydrogen-bond donors (Lipinski definition) is 0. The van der Waals surface area contributed by atoms with Crippen molar-refractivity contribution in [2.75, 3.05) is 6.54 Å². The van der Waals surface area contributed by atoms with Gasteiger partial charge in [0.2, 0.25) is 0 Å². The monoisotopic (exact) mass is 341 g/mol. The first-order valence-electron chi connectivity index (χ1n) is 6.83. The van der Waals surface area contributed by atoms with Gasteiger partial charge in [-0.2, -0.15) is 4.31 Å². The van der Waals surface area contributed by atoms with Crippen LogP contribution in [0.3, 0.4) is 0 Å². The summed E-state index contributed by atoms with van der Waals surface area (Å²) in [7, 11) is -3.42. The predicted molar refractivity (Wildman–Crippen MR) is 86.2 cm³/mol. The number of hydrogen-bond acceptors (Lipinski definition) is 3. The van der Waals surface area contributed by atoms with Gasteiger partial charge >= 0.3 is 0 Å². The Kier molecular flexibility index (Phi) is 4.36. The molecule has 0 bridgehead atoms. The maximum atomic E-state index is 12.8. The van der Waals surface area contributed by atoms with E-state index in [-0.39, 0.29) is 0 Å². The molecule has 0 N–H and O–H groups in total. The van der Waals surface area contributed by atoms with Crippen LogP contribution in [0.15, 0.2) is 40.6 Å². The molecule has 0 amide bonds. The molecule has 1 aliphatic heterocycles. The summed E-state index contributed by atoms with van der Waals surface area (Å²) < 4.78 is 27.5. The summed E-state index contributed by atoms with van der Waals surface area (Å²) >= 11 is 7.03. The van der Waals surface area contributed by atoms with E-state index >= 15 is 0 Å². The van der Waals surface area contributed by atoms with Crippen LogP contribution in [0, 0.1) is 0 Å². The van der Waals surface area contributed by atoms with Gasteiger partial charge in [-0.15, -0.1) is 22.9 Å². The molecule has 2 heterocycles. The highest BCUT2D eigenvalue weighted by molar-refractivity contribution is 7.91. The normalized spacial score (nSPS) is 16.4. The quantitative estimate of drug-likeness (QED) is 0.799. The molecular formula is C15H16ClNO2S2. The van der Waals surface area contributed by atoms with Crippen molar-refractivity contribution in [1.29, 1.82) is 0 Å². The molecule has 0 saturated carbocycles. The topological polar surface area (TPSA) is 37.4 Å². The third-order valence-corrected chi connectivity index (χ3v) is 7.53. The molecule has 6 heteroatoms. The van der Waals surface area contributed by atoms with Crippen LogP contribution in [-0.4, -0.2) is 19.3 Å². The summed E-state index contributed by atoms with van der Waals surface area (Å²) in [4.78, 5) is 0.880. The van der Waals surface area contributed by atoms with Crippen LogP contribution >= 0.6 is 22.9 Å². The van der Waals surface area contributed by atoms with Gasteiger partial charge in [0.1, 0.15) is 4.21 Å². The van der Waals surface area contributed by atoms with E-state index in [0.29, 0.717) is 23.2 Å². The van der Waals surface area contributed by atoms with Gasteiger partial charge in [0, 0.05) is 18.0 Å². The summed E-state index contributed by atoms with van der Waals surface area (Å²) in [5.41, 5.74) is 2.36. The number of fused-ring (bicyclic) bond motifs is 1. The Morgan fingerprint density at radius 3 is 2.62 bits per heavy atom. The highest BCUT2D eigenvalue weighted by atomic mass is 35.5. The van der Waals surface area contributed by atoms with E-state index in [1.807, 2.05) is 18.2 Å². The van der Waals surface area contributed by atoms with Crippen LogP contribution in [-0.2, 0) is 28.9 Å². The van der Waals surface area contributed by atoms with Crippen LogP contribution in [0.5, 0.6) is 0 Å². The Morgan fingerprint density at radius 2 is 1.90 bits per heavy atom. The van der Waals surface area contributed by atoms with Gasteiger partial charge in [0.15, 0.2) is 0 Å². The number of benzene rings is 1. The van der Waals surface area contributed by atoms with E-state index in [1.54, 1.807) is 16.4 Å². The number of thiophene rings is 1. The van der Waals surface area contributed by atoms with Crippen molar-refractivity contribution in [3.63, 3.8) is 0 Å². The third kappa shape index (κ3) is 3.01. The average molecular weight is 342 g/mol. The van der Waals surface area contributed by atoms with Gasteiger partial charge in [0.25, 0.3) is 10.0 Å². The Bertz CT molecular complexity index is 740. The van der Waals surface area contributed by atoms with E-state index in [1.165, 1.54) is 16.9 Å². The Labute approximate surface area is 134 Å². The Morgan fingerprint density at radius 1 is 1.14 bits per heavy atom. The second-order valence-electron chi connectivity index (χ2n) is 5.07. The molecule has 1 aliphatic rings. The van der Waals surface area contributed by atoms with Crippen LogP contribution in [0.25, 0.3) is 0 Å². The summed E-state index contributed by atoms with van der Waals surface area (Å²) in [5.74, 6) is 0.350. The van der Waals surface area contributed by atoms with Gasteiger partial charge in [-0.3, -0.25) is 0 Å². The number of rotatable bonds is 3. The number of sulfonamides is 1. The number of nitrogens with zero attached hydrogens (tertiary/aromatic N) is 1. The molecule has 21 heavy (non-hydrogen) atoms. The molecule has 0 saturated heterocycles. The number of aryl methyl sites for hydroxylation is 1. The van der Waals surface area contributed by atoms with Crippen molar-refractivity contribution in [2.24, 2.45) is 0 Å². The van der Waals surface area contributed by atoms with Crippen molar-refractivity contribution in [3.8, 4) is 0 Å². The van der Waals surface area contributed by atoms with Gasteiger partial charge < -0.3 is 0 Å². The van der Waals surface area contributed by atoms with Gasteiger partial charge in [-0.25, -0.2) is 8.42 Å². The maximum Gasteiger partial charge on any atom is 0.252 e. The molecule has 112 valence electrons. The highest BCUT2D eigenvalue weighted by Gasteiger charge is 2.28. The molecule has 2 aromatic rings. The Balaban J connectivity index is 1.92. The standard InChI is InChI=1S/C15H16ClNO2S2/c16-10-14-7-8-15(20-14)21(18,19)17-9-3-6-12-4-1-2-5-13(12)11-17/h1-2,4-5,7-8H,3,6,9-11H2. The molecule has 0 fully saturated rings. The van der Waals surface area contributed by atoms with Gasteiger partial charge in [0.05, 0.1) is 5.88 Å². The van der Waals surface area contributed by atoms with E-state index in [4.69, 9.17) is 11.6 Å². The summed E-state index contributed by atoms with van der Waals surface area (Å²) in [5, 5.41) is 0. The van der Waals surface area contributed by atoms with Crippen LogP contribution in [0.2, 0.25) is 0 Å². The van der Waals surface area contributed by atoms with Crippen molar-refractivity contribution in [2.45, 2.75) is 29.5 Å². The molecular weight excluding hydrogens is 326 g/mol. The summed E-state index contributed by atoms with van der Waals surface area (Å²) in [6.07, 6.45) is 1.78. The van der Waals surface area contributed by atoms with Crippen LogP contribution in [0.1, 0.15) is 22.4 Å². The van der Waals surface area contributed by atoms with E-state index in [2.05, 4.69) is 6.07 Å². The molecule has 1 aromatic heterocycles. The zero-order valence-corrected chi connectivity index (χ0v) is 13.8. The molecule has 1 aromatic carbocycles. The summed E-state index contributed by atoms with van der Waals surface area (Å²) in [6.45, 7) is 1.01. The number of alkyl halides is 1. The highest BCUT2D eigenvalue weighted by Crippen LogP contribution is 2.29. The van der Waals surface area contributed by atoms with Crippen molar-refractivity contribution >= 4 is 33.0 Å². The fraction of sp³-hybridized carbons (Fsp3) is 0.333. The molecule has 0 unspecified atom stereocenters. The minimum Gasteiger partial charge on any atom is -0.206 e. The zero-order chi connectivity index (χ0) is 14.9. The van der Waals surface area contributed by atoms with Gasteiger partial charge in [-0.05, 0) is 36.1 Å². The third-order valence-electron chi connectivity index (χ3n) is 3.68. The smallest absolute Gasteiger partial charge is 0.206 e. The lowest BCUT2D eigenvalue weighted by molar-refractivity contribution is 0.411. The molecule has 0 aliphatic carbocycles. The molecule has 3 nitrogen and oxygen atoms in total. The molecule has 0 radical (unpaired) electrons. The maximum absolute atomic E-state index is 12.8. The fourth-order valence-corrected chi connectivity index (χ4v) is 5.64. The molecule has 3 rings (SSSR count).